The molecule has 38 heavy (non-hydrogen) atoms. The van der Waals surface area contributed by atoms with Crippen LogP contribution < -0.4 is 15.5 Å². The summed E-state index contributed by atoms with van der Waals surface area (Å²) in [6.07, 6.45) is 1.70. The Kier molecular flexibility index (Phi) is 7.26. The highest BCUT2D eigenvalue weighted by Crippen LogP contribution is 2.24. The molecule has 3 aromatic carbocycles. The smallest absolute Gasteiger partial charge is 0.254 e. The van der Waals surface area contributed by atoms with E-state index in [-0.39, 0.29) is 11.8 Å². The topological polar surface area (TPSA) is 90.5 Å². The van der Waals surface area contributed by atoms with Crippen molar-refractivity contribution in [1.29, 1.82) is 0 Å². The number of anilines is 4. The zero-order chi connectivity index (χ0) is 26.5. The maximum absolute atomic E-state index is 13.5. The molecule has 0 spiro atoms. The predicted molar refractivity (Wildman–Crippen MR) is 146 cm³/mol. The maximum Gasteiger partial charge on any atom is 0.254 e. The van der Waals surface area contributed by atoms with E-state index in [1.807, 2.05) is 54.6 Å². The van der Waals surface area contributed by atoms with E-state index in [1.165, 1.54) is 19.1 Å². The number of aromatic nitrogens is 2. The number of halogens is 1. The van der Waals surface area contributed by atoms with Crippen LogP contribution in [-0.2, 0) is 4.79 Å². The molecule has 0 aliphatic carbocycles. The second kappa shape index (κ2) is 11.1. The molecule has 2 N–H and O–H groups in total. The van der Waals surface area contributed by atoms with Crippen LogP contribution in [0, 0.1) is 5.82 Å². The van der Waals surface area contributed by atoms with E-state index in [2.05, 4.69) is 25.5 Å². The van der Waals surface area contributed by atoms with Gasteiger partial charge in [-0.15, -0.1) is 0 Å². The SMILES string of the molecule is CC(=O)Nc1ccc(-c2ccnc(Nc3ccc(N4CCN(C(=O)c5cccc(F)c5)CC4)cc3)n2)cc1. The van der Waals surface area contributed by atoms with Crippen LogP contribution in [-0.4, -0.2) is 52.9 Å². The monoisotopic (exact) mass is 510 g/mol. The van der Waals surface area contributed by atoms with E-state index < -0.39 is 5.82 Å². The minimum absolute atomic E-state index is 0.115. The van der Waals surface area contributed by atoms with Crippen molar-refractivity contribution in [3.8, 4) is 11.3 Å². The van der Waals surface area contributed by atoms with Gasteiger partial charge in [0.25, 0.3) is 5.91 Å². The summed E-state index contributed by atoms with van der Waals surface area (Å²) < 4.78 is 13.5. The molecular formula is C29H27FN6O2. The number of carbonyl (C=O) groups is 2. The van der Waals surface area contributed by atoms with E-state index in [4.69, 9.17) is 0 Å². The summed E-state index contributed by atoms with van der Waals surface area (Å²) in [5.41, 5.74) is 4.69. The normalized spacial score (nSPS) is 13.2. The summed E-state index contributed by atoms with van der Waals surface area (Å²) in [6, 6.07) is 23.1. The molecule has 0 atom stereocenters. The molecule has 1 aliphatic rings. The summed E-state index contributed by atoms with van der Waals surface area (Å²) in [4.78, 5) is 36.8. The lowest BCUT2D eigenvalue weighted by molar-refractivity contribution is -0.114. The van der Waals surface area contributed by atoms with Crippen LogP contribution in [0.5, 0.6) is 0 Å². The fourth-order valence-electron chi connectivity index (χ4n) is 4.36. The Morgan fingerprint density at radius 1 is 0.868 bits per heavy atom. The number of nitrogens with zero attached hydrogens (tertiary/aromatic N) is 4. The quantitative estimate of drug-likeness (QED) is 0.382. The average Bonchev–Trinajstić information content (AvgIpc) is 2.93. The number of carbonyl (C=O) groups excluding carboxylic acids is 2. The highest BCUT2D eigenvalue weighted by Gasteiger charge is 2.22. The zero-order valence-corrected chi connectivity index (χ0v) is 20.9. The molecule has 1 saturated heterocycles. The van der Waals surface area contributed by atoms with Gasteiger partial charge in [0, 0.05) is 67.5 Å². The second-order valence-electron chi connectivity index (χ2n) is 8.99. The van der Waals surface area contributed by atoms with E-state index in [0.29, 0.717) is 37.7 Å². The predicted octanol–water partition coefficient (Wildman–Crippen LogP) is 4.95. The van der Waals surface area contributed by atoms with Crippen molar-refractivity contribution in [3.05, 3.63) is 96.4 Å². The minimum Gasteiger partial charge on any atom is -0.368 e. The molecule has 0 radical (unpaired) electrons. The van der Waals surface area contributed by atoms with Crippen molar-refractivity contribution < 1.29 is 14.0 Å². The molecule has 2 amide bonds. The van der Waals surface area contributed by atoms with Crippen LogP contribution in [0.1, 0.15) is 17.3 Å². The zero-order valence-electron chi connectivity index (χ0n) is 20.9. The van der Waals surface area contributed by atoms with E-state index in [0.717, 1.165) is 28.3 Å². The Morgan fingerprint density at radius 2 is 1.58 bits per heavy atom. The molecule has 192 valence electrons. The number of hydrogen-bond donors (Lipinski definition) is 2. The van der Waals surface area contributed by atoms with Gasteiger partial charge in [0.15, 0.2) is 0 Å². The fraction of sp³-hybridized carbons (Fsp3) is 0.172. The third-order valence-corrected chi connectivity index (χ3v) is 6.28. The molecule has 0 bridgehead atoms. The van der Waals surface area contributed by atoms with Gasteiger partial charge in [0.05, 0.1) is 5.69 Å². The van der Waals surface area contributed by atoms with Gasteiger partial charge in [-0.3, -0.25) is 9.59 Å². The van der Waals surface area contributed by atoms with E-state index in [1.54, 1.807) is 23.2 Å². The van der Waals surface area contributed by atoms with Crippen molar-refractivity contribution in [2.45, 2.75) is 6.92 Å². The first-order chi connectivity index (χ1) is 18.4. The first-order valence-electron chi connectivity index (χ1n) is 12.3. The van der Waals surface area contributed by atoms with Crippen molar-refractivity contribution in [2.24, 2.45) is 0 Å². The molecule has 8 nitrogen and oxygen atoms in total. The van der Waals surface area contributed by atoms with Crippen LogP contribution in [0.4, 0.5) is 27.4 Å². The largest absolute Gasteiger partial charge is 0.368 e. The average molecular weight is 511 g/mol. The number of hydrogen-bond acceptors (Lipinski definition) is 6. The Balaban J connectivity index is 1.18. The lowest BCUT2D eigenvalue weighted by Gasteiger charge is -2.36. The van der Waals surface area contributed by atoms with Gasteiger partial charge < -0.3 is 20.4 Å². The van der Waals surface area contributed by atoms with Gasteiger partial charge in [-0.25, -0.2) is 14.4 Å². The van der Waals surface area contributed by atoms with Crippen molar-refractivity contribution in [3.63, 3.8) is 0 Å². The molecule has 1 aliphatic heterocycles. The first-order valence-corrected chi connectivity index (χ1v) is 12.3. The lowest BCUT2D eigenvalue weighted by Crippen LogP contribution is -2.48. The van der Waals surface area contributed by atoms with Crippen LogP contribution >= 0.6 is 0 Å². The fourth-order valence-corrected chi connectivity index (χ4v) is 4.36. The highest BCUT2D eigenvalue weighted by molar-refractivity contribution is 5.94. The van der Waals surface area contributed by atoms with Crippen molar-refractivity contribution in [1.82, 2.24) is 14.9 Å². The standard InChI is InChI=1S/C29H27FN6O2/c1-20(37)32-24-7-5-21(6-8-24)27-13-14-31-29(34-27)33-25-9-11-26(12-10-25)35-15-17-36(18-16-35)28(38)22-3-2-4-23(30)19-22/h2-14,19H,15-18H2,1H3,(H,32,37)(H,31,33,34). The van der Waals surface area contributed by atoms with Gasteiger partial charge in [0.2, 0.25) is 11.9 Å². The van der Waals surface area contributed by atoms with Crippen molar-refractivity contribution >= 4 is 34.8 Å². The van der Waals surface area contributed by atoms with Gasteiger partial charge in [-0.05, 0) is 60.7 Å². The first kappa shape index (κ1) is 24.9. The molecule has 0 saturated carbocycles. The maximum atomic E-state index is 13.5. The molecule has 4 aromatic rings. The molecular weight excluding hydrogens is 483 g/mol. The lowest BCUT2D eigenvalue weighted by atomic mass is 10.1. The number of benzene rings is 3. The van der Waals surface area contributed by atoms with Gasteiger partial charge in [-0.1, -0.05) is 18.2 Å². The molecule has 2 heterocycles. The summed E-state index contributed by atoms with van der Waals surface area (Å²) in [7, 11) is 0. The molecule has 5 rings (SSSR count). The van der Waals surface area contributed by atoms with Crippen LogP contribution in [0.15, 0.2) is 85.1 Å². The molecule has 1 aromatic heterocycles. The van der Waals surface area contributed by atoms with Gasteiger partial charge in [0.1, 0.15) is 5.82 Å². The third kappa shape index (κ3) is 5.95. The van der Waals surface area contributed by atoms with Gasteiger partial charge >= 0.3 is 0 Å². The molecule has 1 fully saturated rings. The summed E-state index contributed by atoms with van der Waals surface area (Å²) in [5, 5.41) is 6.00. The molecule has 0 unspecified atom stereocenters. The van der Waals surface area contributed by atoms with Crippen molar-refractivity contribution in [2.75, 3.05) is 41.7 Å². The summed E-state index contributed by atoms with van der Waals surface area (Å²) >= 11 is 0. The highest BCUT2D eigenvalue weighted by atomic mass is 19.1. The Bertz CT molecular complexity index is 1430. The number of rotatable bonds is 6. The summed E-state index contributed by atoms with van der Waals surface area (Å²) in [5.74, 6) is -0.187. The molecule has 9 heteroatoms. The Labute approximate surface area is 220 Å². The van der Waals surface area contributed by atoms with Crippen LogP contribution in [0.2, 0.25) is 0 Å². The van der Waals surface area contributed by atoms with Gasteiger partial charge in [-0.2, -0.15) is 0 Å². The van der Waals surface area contributed by atoms with E-state index >= 15 is 0 Å². The Morgan fingerprint density at radius 3 is 2.26 bits per heavy atom. The number of piperazine rings is 1. The van der Waals surface area contributed by atoms with E-state index in [9.17, 15) is 14.0 Å². The number of amides is 2. The second-order valence-corrected chi connectivity index (χ2v) is 8.99. The number of nitrogens with one attached hydrogen (secondary N) is 2. The minimum atomic E-state index is -0.405. The Hall–Kier alpha value is -4.79. The van der Waals surface area contributed by atoms with Crippen LogP contribution in [0.25, 0.3) is 11.3 Å². The third-order valence-electron chi connectivity index (χ3n) is 6.28. The summed E-state index contributed by atoms with van der Waals surface area (Å²) in [6.45, 7) is 4.01. The van der Waals surface area contributed by atoms with Crippen LogP contribution in [0.3, 0.4) is 0 Å².